The number of furan rings is 1. The molecule has 0 saturated heterocycles. The number of aryl methyl sites for hydroxylation is 1. The van der Waals surface area contributed by atoms with Crippen LogP contribution in [-0.2, 0) is 6.54 Å². The summed E-state index contributed by atoms with van der Waals surface area (Å²) in [5.41, 5.74) is 0.566. The van der Waals surface area contributed by atoms with E-state index in [2.05, 4.69) is 4.98 Å². The van der Waals surface area contributed by atoms with E-state index in [1.807, 2.05) is 43.1 Å². The van der Waals surface area contributed by atoms with Crippen LogP contribution in [0, 0.1) is 18.3 Å². The van der Waals surface area contributed by atoms with Crippen molar-refractivity contribution in [3.05, 3.63) is 47.5 Å². The number of aromatic nitrogens is 1. The van der Waals surface area contributed by atoms with Gasteiger partial charge < -0.3 is 9.32 Å². The predicted octanol–water partition coefficient (Wildman–Crippen LogP) is 2.49. The average Bonchev–Trinajstić information content (AvgIpc) is 2.75. The van der Waals surface area contributed by atoms with Gasteiger partial charge in [0.15, 0.2) is 0 Å². The molecule has 2 aromatic rings. The fourth-order valence-corrected chi connectivity index (χ4v) is 1.56. The Morgan fingerprint density at radius 1 is 1.35 bits per heavy atom. The van der Waals surface area contributed by atoms with E-state index in [-0.39, 0.29) is 0 Å². The standard InChI is InChI=1S/C13H13N3O/c1-10-3-5-12(17-10)9-16(2)13-6-4-11(7-14)8-15-13/h3-6,8H,9H2,1-2H3. The summed E-state index contributed by atoms with van der Waals surface area (Å²) < 4.78 is 5.50. The molecule has 0 aliphatic heterocycles. The maximum atomic E-state index is 8.69. The third kappa shape index (κ3) is 2.64. The monoisotopic (exact) mass is 227 g/mol. The first kappa shape index (κ1) is 11.2. The zero-order valence-corrected chi connectivity index (χ0v) is 9.84. The number of hydrogen-bond donors (Lipinski definition) is 0. The number of nitrogens with zero attached hydrogens (tertiary/aromatic N) is 3. The van der Waals surface area contributed by atoms with Crippen LogP contribution in [-0.4, -0.2) is 12.0 Å². The van der Waals surface area contributed by atoms with Gasteiger partial charge in [-0.15, -0.1) is 0 Å². The minimum absolute atomic E-state index is 0.566. The molecule has 4 heteroatoms. The largest absolute Gasteiger partial charge is 0.464 e. The van der Waals surface area contributed by atoms with E-state index in [0.29, 0.717) is 12.1 Å². The van der Waals surface area contributed by atoms with Gasteiger partial charge in [-0.1, -0.05) is 0 Å². The Hall–Kier alpha value is -2.28. The van der Waals surface area contributed by atoms with Crippen molar-refractivity contribution >= 4 is 5.82 Å². The SMILES string of the molecule is Cc1ccc(CN(C)c2ccc(C#N)cn2)o1. The molecule has 2 rings (SSSR count). The van der Waals surface area contributed by atoms with Gasteiger partial charge in [0, 0.05) is 13.2 Å². The van der Waals surface area contributed by atoms with Crippen molar-refractivity contribution in [1.29, 1.82) is 5.26 Å². The topological polar surface area (TPSA) is 53.1 Å². The van der Waals surface area contributed by atoms with Crippen LogP contribution in [0.15, 0.2) is 34.9 Å². The minimum Gasteiger partial charge on any atom is -0.464 e. The molecule has 17 heavy (non-hydrogen) atoms. The van der Waals surface area contributed by atoms with Crippen molar-refractivity contribution in [3.8, 4) is 6.07 Å². The highest BCUT2D eigenvalue weighted by Gasteiger charge is 2.06. The average molecular weight is 227 g/mol. The van der Waals surface area contributed by atoms with E-state index in [1.54, 1.807) is 12.3 Å². The Bertz CT molecular complexity index is 537. The van der Waals surface area contributed by atoms with Crippen LogP contribution in [0.25, 0.3) is 0 Å². The molecule has 2 aromatic heterocycles. The molecule has 0 unspecified atom stereocenters. The molecule has 0 amide bonds. The summed E-state index contributed by atoms with van der Waals surface area (Å²) in [6, 6.07) is 9.52. The van der Waals surface area contributed by atoms with Crippen molar-refractivity contribution in [2.24, 2.45) is 0 Å². The molecular formula is C13H13N3O. The van der Waals surface area contributed by atoms with Crippen LogP contribution in [0.2, 0.25) is 0 Å². The van der Waals surface area contributed by atoms with Gasteiger partial charge in [0.05, 0.1) is 12.1 Å². The number of hydrogen-bond acceptors (Lipinski definition) is 4. The van der Waals surface area contributed by atoms with Gasteiger partial charge in [0.1, 0.15) is 23.4 Å². The number of rotatable bonds is 3. The van der Waals surface area contributed by atoms with Crippen LogP contribution in [0.4, 0.5) is 5.82 Å². The molecule has 0 aromatic carbocycles. The van der Waals surface area contributed by atoms with Crippen molar-refractivity contribution in [2.75, 3.05) is 11.9 Å². The Morgan fingerprint density at radius 3 is 2.71 bits per heavy atom. The van der Waals surface area contributed by atoms with Crippen LogP contribution >= 0.6 is 0 Å². The van der Waals surface area contributed by atoms with Crippen LogP contribution in [0.5, 0.6) is 0 Å². The minimum atomic E-state index is 0.566. The van der Waals surface area contributed by atoms with Gasteiger partial charge in [0.25, 0.3) is 0 Å². The number of anilines is 1. The highest BCUT2D eigenvalue weighted by atomic mass is 16.3. The molecule has 4 nitrogen and oxygen atoms in total. The van der Waals surface area contributed by atoms with Gasteiger partial charge in [-0.2, -0.15) is 5.26 Å². The van der Waals surface area contributed by atoms with Crippen molar-refractivity contribution in [3.63, 3.8) is 0 Å². The fourth-order valence-electron chi connectivity index (χ4n) is 1.56. The Kier molecular flexibility index (Phi) is 3.10. The van der Waals surface area contributed by atoms with Crippen molar-refractivity contribution in [2.45, 2.75) is 13.5 Å². The van der Waals surface area contributed by atoms with E-state index in [4.69, 9.17) is 9.68 Å². The second kappa shape index (κ2) is 4.71. The summed E-state index contributed by atoms with van der Waals surface area (Å²) in [6.07, 6.45) is 1.57. The Morgan fingerprint density at radius 2 is 2.18 bits per heavy atom. The Labute approximate surface area is 100 Å². The second-order valence-electron chi connectivity index (χ2n) is 3.89. The van der Waals surface area contributed by atoms with Crippen LogP contribution in [0.3, 0.4) is 0 Å². The van der Waals surface area contributed by atoms with Crippen molar-refractivity contribution < 1.29 is 4.42 Å². The molecule has 86 valence electrons. The lowest BCUT2D eigenvalue weighted by Gasteiger charge is -2.16. The van der Waals surface area contributed by atoms with Crippen LogP contribution < -0.4 is 4.90 Å². The first-order valence-electron chi connectivity index (χ1n) is 5.31. The molecule has 0 spiro atoms. The summed E-state index contributed by atoms with van der Waals surface area (Å²) in [7, 11) is 1.94. The fraction of sp³-hybridized carbons (Fsp3) is 0.231. The van der Waals surface area contributed by atoms with E-state index in [9.17, 15) is 0 Å². The zero-order valence-electron chi connectivity index (χ0n) is 9.84. The molecule has 0 radical (unpaired) electrons. The normalized spacial score (nSPS) is 9.94. The first-order valence-corrected chi connectivity index (χ1v) is 5.31. The summed E-state index contributed by atoms with van der Waals surface area (Å²) in [5, 5.41) is 8.69. The first-order chi connectivity index (χ1) is 8.19. The van der Waals surface area contributed by atoms with E-state index < -0.39 is 0 Å². The van der Waals surface area contributed by atoms with Gasteiger partial charge in [-0.05, 0) is 31.2 Å². The lowest BCUT2D eigenvalue weighted by atomic mass is 10.3. The van der Waals surface area contributed by atoms with Crippen LogP contribution in [0.1, 0.15) is 17.1 Å². The summed E-state index contributed by atoms with van der Waals surface area (Å²) in [5.74, 6) is 2.62. The highest BCUT2D eigenvalue weighted by Crippen LogP contribution is 2.14. The molecule has 0 atom stereocenters. The van der Waals surface area contributed by atoms with Gasteiger partial charge >= 0.3 is 0 Å². The van der Waals surface area contributed by atoms with Crippen molar-refractivity contribution in [1.82, 2.24) is 4.98 Å². The molecule has 0 aliphatic carbocycles. The Balaban J connectivity index is 2.09. The summed E-state index contributed by atoms with van der Waals surface area (Å²) >= 11 is 0. The molecule has 2 heterocycles. The molecular weight excluding hydrogens is 214 g/mol. The summed E-state index contributed by atoms with van der Waals surface area (Å²) in [4.78, 5) is 6.19. The van der Waals surface area contributed by atoms with Gasteiger partial charge in [0.2, 0.25) is 0 Å². The maximum absolute atomic E-state index is 8.69. The molecule has 0 fully saturated rings. The third-order valence-corrected chi connectivity index (χ3v) is 2.46. The summed E-state index contributed by atoms with van der Waals surface area (Å²) in [6.45, 7) is 2.58. The third-order valence-electron chi connectivity index (χ3n) is 2.46. The smallest absolute Gasteiger partial charge is 0.128 e. The lowest BCUT2D eigenvalue weighted by molar-refractivity contribution is 0.481. The molecule has 0 saturated carbocycles. The second-order valence-corrected chi connectivity index (χ2v) is 3.89. The van der Waals surface area contributed by atoms with Gasteiger partial charge in [-0.25, -0.2) is 4.98 Å². The number of nitriles is 1. The molecule has 0 bridgehead atoms. The lowest BCUT2D eigenvalue weighted by Crippen LogP contribution is -2.17. The van der Waals surface area contributed by atoms with E-state index in [0.717, 1.165) is 17.3 Å². The molecule has 0 aliphatic rings. The zero-order chi connectivity index (χ0) is 12.3. The van der Waals surface area contributed by atoms with E-state index in [1.165, 1.54) is 0 Å². The number of pyridine rings is 1. The van der Waals surface area contributed by atoms with E-state index >= 15 is 0 Å². The van der Waals surface area contributed by atoms with Gasteiger partial charge in [-0.3, -0.25) is 0 Å². The highest BCUT2D eigenvalue weighted by molar-refractivity contribution is 5.41. The maximum Gasteiger partial charge on any atom is 0.128 e. The predicted molar refractivity (Wildman–Crippen MR) is 64.5 cm³/mol. The molecule has 0 N–H and O–H groups in total. The quantitative estimate of drug-likeness (QED) is 0.808.